The predicted molar refractivity (Wildman–Crippen MR) is 185 cm³/mol. The van der Waals surface area contributed by atoms with E-state index in [2.05, 4.69) is 81.1 Å². The third kappa shape index (κ3) is 4.37. The molecule has 0 amide bonds. The number of pyridine rings is 1. The van der Waals surface area contributed by atoms with Gasteiger partial charge in [-0.1, -0.05) is 67.5 Å². The van der Waals surface area contributed by atoms with Crippen LogP contribution < -0.4 is 4.90 Å². The molecule has 3 aliphatic rings. The molecular formula is C40H32N2O2S. The fourth-order valence-corrected chi connectivity index (χ4v) is 8.18. The van der Waals surface area contributed by atoms with Crippen LogP contribution in [0.4, 0.5) is 11.5 Å². The van der Waals surface area contributed by atoms with Crippen LogP contribution in [0, 0.1) is 6.92 Å². The second-order valence-corrected chi connectivity index (χ2v) is 14.0. The lowest BCUT2D eigenvalue weighted by atomic mass is 9.83. The zero-order chi connectivity index (χ0) is 31.0. The smallest absolute Gasteiger partial charge is 0.197 e. The van der Waals surface area contributed by atoms with E-state index in [-0.39, 0.29) is 22.6 Å². The molecule has 3 aliphatic carbocycles. The molecule has 2 aromatic heterocycles. The van der Waals surface area contributed by atoms with Gasteiger partial charge in [0.25, 0.3) is 0 Å². The summed E-state index contributed by atoms with van der Waals surface area (Å²) in [5, 5.41) is 1.93. The third-order valence-corrected chi connectivity index (χ3v) is 10.6. The predicted octanol–water partition coefficient (Wildman–Crippen LogP) is 10.1. The van der Waals surface area contributed by atoms with Gasteiger partial charge in [-0.15, -0.1) is 11.3 Å². The number of Topliss-reactive ketones (excluding diaryl/α,β-unsaturated/α-hetero) is 2. The number of anilines is 2. The molecule has 0 saturated heterocycles. The molecule has 0 atom stereocenters. The molecule has 0 fully saturated rings. The summed E-state index contributed by atoms with van der Waals surface area (Å²) in [4.78, 5) is 36.3. The van der Waals surface area contributed by atoms with Crippen LogP contribution >= 0.6 is 11.3 Å². The van der Waals surface area contributed by atoms with Gasteiger partial charge in [-0.3, -0.25) is 14.5 Å². The number of ketones is 2. The minimum atomic E-state index is -0.267. The number of allylic oxidation sites excluding steroid dienone is 5. The first-order valence-electron chi connectivity index (χ1n) is 15.4. The number of hydrogen-bond acceptors (Lipinski definition) is 5. The van der Waals surface area contributed by atoms with Crippen molar-refractivity contribution in [2.45, 2.75) is 46.0 Å². The third-order valence-electron chi connectivity index (χ3n) is 9.53. The van der Waals surface area contributed by atoms with Crippen LogP contribution in [0.2, 0.25) is 0 Å². The maximum Gasteiger partial charge on any atom is 0.197 e. The van der Waals surface area contributed by atoms with Gasteiger partial charge in [-0.05, 0) is 97.1 Å². The fourth-order valence-electron chi connectivity index (χ4n) is 6.89. The first kappa shape index (κ1) is 27.7. The van der Waals surface area contributed by atoms with Crippen molar-refractivity contribution >= 4 is 51.3 Å². The highest BCUT2D eigenvalue weighted by Gasteiger charge is 2.39. The standard InChI is InChI=1S/C40H32N2O2S/c1-23-9-13-27(14-10-23)42(28-15-11-24(2)12-16-28)36-21-34-33(22-41-36)39-35(40(34,3)4)20-29(45-39)19-32-37(43)30-17-25-7-5-6-8-26(25)18-31(30)38(32)44/h5-11,13-15,17-22H,12,16H2,1-4H3. The van der Waals surface area contributed by atoms with E-state index in [4.69, 9.17) is 4.98 Å². The van der Waals surface area contributed by atoms with Gasteiger partial charge in [0, 0.05) is 49.4 Å². The summed E-state index contributed by atoms with van der Waals surface area (Å²) >= 11 is 1.63. The summed E-state index contributed by atoms with van der Waals surface area (Å²) in [5.41, 5.74) is 9.46. The number of benzene rings is 3. The highest BCUT2D eigenvalue weighted by atomic mass is 32.1. The minimum absolute atomic E-state index is 0.196. The zero-order valence-corrected chi connectivity index (χ0v) is 26.6. The summed E-state index contributed by atoms with van der Waals surface area (Å²) in [5.74, 6) is 0.520. The van der Waals surface area contributed by atoms with E-state index < -0.39 is 0 Å². The van der Waals surface area contributed by atoms with Gasteiger partial charge in [-0.2, -0.15) is 0 Å². The fraction of sp³-hybridized carbons (Fsp3) is 0.175. The van der Waals surface area contributed by atoms with E-state index >= 15 is 0 Å². The topological polar surface area (TPSA) is 50.3 Å². The number of aryl methyl sites for hydroxylation is 1. The monoisotopic (exact) mass is 604 g/mol. The van der Waals surface area contributed by atoms with Gasteiger partial charge in [-0.25, -0.2) is 4.98 Å². The summed E-state index contributed by atoms with van der Waals surface area (Å²) < 4.78 is 0. The van der Waals surface area contributed by atoms with Crippen molar-refractivity contribution in [1.29, 1.82) is 0 Å². The van der Waals surface area contributed by atoms with Crippen LogP contribution in [0.25, 0.3) is 27.3 Å². The van der Waals surface area contributed by atoms with Crippen LogP contribution in [0.5, 0.6) is 0 Å². The molecule has 0 N–H and O–H groups in total. The Kier molecular flexibility index (Phi) is 6.20. The number of carbonyl (C=O) groups excluding carboxylic acids is 2. The molecule has 0 spiro atoms. The highest BCUT2D eigenvalue weighted by molar-refractivity contribution is 7.16. The molecule has 45 heavy (non-hydrogen) atoms. The molecule has 5 aromatic rings. The Bertz CT molecular complexity index is 2140. The lowest BCUT2D eigenvalue weighted by Crippen LogP contribution is -2.21. The molecule has 0 radical (unpaired) electrons. The zero-order valence-electron chi connectivity index (χ0n) is 25.8. The van der Waals surface area contributed by atoms with Gasteiger partial charge >= 0.3 is 0 Å². The molecular weight excluding hydrogens is 573 g/mol. The molecule has 8 rings (SSSR count). The van der Waals surface area contributed by atoms with Crippen molar-refractivity contribution in [3.63, 3.8) is 0 Å². The van der Waals surface area contributed by atoms with E-state index in [1.54, 1.807) is 17.4 Å². The maximum atomic E-state index is 13.4. The van der Waals surface area contributed by atoms with E-state index in [0.29, 0.717) is 11.1 Å². The van der Waals surface area contributed by atoms with Crippen molar-refractivity contribution in [3.05, 3.63) is 141 Å². The Hall–Kier alpha value is -4.87. The number of aromatic nitrogens is 1. The van der Waals surface area contributed by atoms with Crippen LogP contribution in [0.1, 0.15) is 75.9 Å². The number of hydrogen-bond donors (Lipinski definition) is 0. The molecule has 0 saturated carbocycles. The Morgan fingerprint density at radius 2 is 1.49 bits per heavy atom. The number of thiophene rings is 1. The molecule has 0 aliphatic heterocycles. The van der Waals surface area contributed by atoms with E-state index in [1.165, 1.54) is 28.0 Å². The molecule has 0 bridgehead atoms. The molecule has 220 valence electrons. The molecule has 3 aromatic carbocycles. The van der Waals surface area contributed by atoms with Gasteiger partial charge < -0.3 is 0 Å². The molecule has 0 unspecified atom stereocenters. The lowest BCUT2D eigenvalue weighted by Gasteiger charge is -2.30. The first-order valence-corrected chi connectivity index (χ1v) is 16.2. The van der Waals surface area contributed by atoms with Crippen LogP contribution in [0.15, 0.2) is 108 Å². The Morgan fingerprint density at radius 1 is 0.800 bits per heavy atom. The Balaban J connectivity index is 1.18. The van der Waals surface area contributed by atoms with Crippen LogP contribution in [-0.2, 0) is 5.41 Å². The van der Waals surface area contributed by atoms with Gasteiger partial charge in [0.2, 0.25) is 0 Å². The Labute approximate surface area is 267 Å². The average Bonchev–Trinajstić information content (AvgIpc) is 3.63. The first-order chi connectivity index (χ1) is 21.7. The molecule has 4 nitrogen and oxygen atoms in total. The van der Waals surface area contributed by atoms with Crippen molar-refractivity contribution in [2.75, 3.05) is 4.90 Å². The van der Waals surface area contributed by atoms with E-state index in [1.807, 2.05) is 42.6 Å². The van der Waals surface area contributed by atoms with Gasteiger partial charge in [0.05, 0.1) is 5.57 Å². The summed E-state index contributed by atoms with van der Waals surface area (Å²) in [6.07, 6.45) is 10.2. The second-order valence-electron chi connectivity index (χ2n) is 12.9. The average molecular weight is 605 g/mol. The SMILES string of the molecule is CC1=CC=C(N(c2ccc(C)cc2)c2cc3c(cn2)-c2sc(C=C4C(=O)c5cc6ccccc6cc5C4=O)cc2C3(C)C)CC1. The Morgan fingerprint density at radius 3 is 2.13 bits per heavy atom. The normalized spacial score (nSPS) is 16.3. The van der Waals surface area contributed by atoms with Crippen molar-refractivity contribution in [2.24, 2.45) is 0 Å². The highest BCUT2D eigenvalue weighted by Crippen LogP contribution is 2.53. The van der Waals surface area contributed by atoms with Crippen LogP contribution in [0.3, 0.4) is 0 Å². The van der Waals surface area contributed by atoms with Crippen molar-refractivity contribution in [3.8, 4) is 10.4 Å². The van der Waals surface area contributed by atoms with E-state index in [0.717, 1.165) is 50.4 Å². The summed E-state index contributed by atoms with van der Waals surface area (Å²) in [6, 6.07) is 24.6. The van der Waals surface area contributed by atoms with Crippen LogP contribution in [-0.4, -0.2) is 16.6 Å². The number of rotatable bonds is 4. The van der Waals surface area contributed by atoms with Gasteiger partial charge in [0.15, 0.2) is 11.6 Å². The maximum absolute atomic E-state index is 13.4. The molecule has 2 heterocycles. The molecule has 5 heteroatoms. The number of carbonyl (C=O) groups is 2. The quantitative estimate of drug-likeness (QED) is 0.151. The van der Waals surface area contributed by atoms with Crippen molar-refractivity contribution < 1.29 is 9.59 Å². The number of fused-ring (bicyclic) bond motifs is 5. The summed E-state index contributed by atoms with van der Waals surface area (Å²) in [7, 11) is 0. The van der Waals surface area contributed by atoms with Gasteiger partial charge in [0.1, 0.15) is 5.82 Å². The number of nitrogens with zero attached hydrogens (tertiary/aromatic N) is 2. The minimum Gasteiger partial charge on any atom is -0.299 e. The second kappa shape index (κ2) is 10.1. The summed E-state index contributed by atoms with van der Waals surface area (Å²) in [6.45, 7) is 8.79. The van der Waals surface area contributed by atoms with Crippen molar-refractivity contribution in [1.82, 2.24) is 4.98 Å². The van der Waals surface area contributed by atoms with E-state index in [9.17, 15) is 9.59 Å². The largest absolute Gasteiger partial charge is 0.299 e. The lowest BCUT2D eigenvalue weighted by molar-refractivity contribution is 0.0990.